The number of halogens is 1. The van der Waals surface area contributed by atoms with Crippen molar-refractivity contribution in [1.82, 2.24) is 20.0 Å². The number of guanidine groups is 1. The highest BCUT2D eigenvalue weighted by Gasteiger charge is 2.10. The first-order valence-corrected chi connectivity index (χ1v) is 7.21. The van der Waals surface area contributed by atoms with E-state index in [4.69, 9.17) is 0 Å². The summed E-state index contributed by atoms with van der Waals surface area (Å²) < 4.78 is 1.82. The molecule has 6 heteroatoms. The van der Waals surface area contributed by atoms with Gasteiger partial charge in [0.1, 0.15) is 0 Å². The lowest BCUT2D eigenvalue weighted by Gasteiger charge is -2.23. The van der Waals surface area contributed by atoms with E-state index < -0.39 is 0 Å². The van der Waals surface area contributed by atoms with Crippen LogP contribution in [0.25, 0.3) is 0 Å². The van der Waals surface area contributed by atoms with Gasteiger partial charge in [-0.25, -0.2) is 0 Å². The standard InChI is InChI=1S/C15H29N5.HI/c1-15(2,3)8-7-9-17-14(16-4)19(5)11-13-10-18-20(6)12-13;/h10,12H,7-9,11H2,1-6H3,(H,16,17);1H. The molecule has 0 radical (unpaired) electrons. The number of rotatable bonds is 5. The SMILES string of the molecule is CN=C(NCCCC(C)(C)C)N(C)Cc1cnn(C)c1.I. The van der Waals surface area contributed by atoms with Crippen molar-refractivity contribution in [2.45, 2.75) is 40.2 Å². The van der Waals surface area contributed by atoms with E-state index in [2.05, 4.69) is 41.1 Å². The molecular weight excluding hydrogens is 377 g/mol. The monoisotopic (exact) mass is 407 g/mol. The molecule has 0 unspecified atom stereocenters. The van der Waals surface area contributed by atoms with Crippen molar-refractivity contribution in [3.05, 3.63) is 18.0 Å². The van der Waals surface area contributed by atoms with Crippen LogP contribution in [0.1, 0.15) is 39.2 Å². The van der Waals surface area contributed by atoms with Crippen molar-refractivity contribution in [3.63, 3.8) is 0 Å². The molecular formula is C15H30IN5. The lowest BCUT2D eigenvalue weighted by atomic mass is 9.91. The normalized spacial score (nSPS) is 12.0. The predicted molar refractivity (Wildman–Crippen MR) is 100 cm³/mol. The Bertz CT molecular complexity index is 434. The molecule has 1 heterocycles. The van der Waals surface area contributed by atoms with Crippen LogP contribution < -0.4 is 5.32 Å². The Morgan fingerprint density at radius 2 is 2.10 bits per heavy atom. The lowest BCUT2D eigenvalue weighted by molar-refractivity contribution is 0.363. The Balaban J connectivity index is 0.00000400. The van der Waals surface area contributed by atoms with Gasteiger partial charge in [-0.3, -0.25) is 9.67 Å². The molecule has 1 aromatic heterocycles. The maximum absolute atomic E-state index is 4.33. The van der Waals surface area contributed by atoms with E-state index in [0.717, 1.165) is 25.5 Å². The van der Waals surface area contributed by atoms with Gasteiger partial charge in [0.25, 0.3) is 0 Å². The molecule has 21 heavy (non-hydrogen) atoms. The number of aryl methyl sites for hydroxylation is 1. The van der Waals surface area contributed by atoms with Crippen molar-refractivity contribution >= 4 is 29.9 Å². The molecule has 1 N–H and O–H groups in total. The van der Waals surface area contributed by atoms with E-state index in [1.54, 1.807) is 0 Å². The molecule has 0 fully saturated rings. The van der Waals surface area contributed by atoms with Crippen LogP contribution in [0.3, 0.4) is 0 Å². The second kappa shape index (κ2) is 9.27. The zero-order valence-electron chi connectivity index (χ0n) is 14.2. The highest BCUT2D eigenvalue weighted by Crippen LogP contribution is 2.19. The Morgan fingerprint density at radius 3 is 2.57 bits per heavy atom. The van der Waals surface area contributed by atoms with E-state index in [1.807, 2.05) is 38.2 Å². The van der Waals surface area contributed by atoms with Crippen molar-refractivity contribution in [1.29, 1.82) is 0 Å². The summed E-state index contributed by atoms with van der Waals surface area (Å²) in [5.41, 5.74) is 1.58. The number of nitrogens with one attached hydrogen (secondary N) is 1. The minimum Gasteiger partial charge on any atom is -0.356 e. The van der Waals surface area contributed by atoms with Crippen LogP contribution >= 0.6 is 24.0 Å². The van der Waals surface area contributed by atoms with E-state index in [-0.39, 0.29) is 24.0 Å². The zero-order chi connectivity index (χ0) is 15.2. The smallest absolute Gasteiger partial charge is 0.193 e. The van der Waals surface area contributed by atoms with E-state index in [9.17, 15) is 0 Å². The largest absolute Gasteiger partial charge is 0.356 e. The topological polar surface area (TPSA) is 45.5 Å². The summed E-state index contributed by atoms with van der Waals surface area (Å²) in [6.45, 7) is 8.59. The summed E-state index contributed by atoms with van der Waals surface area (Å²) in [7, 11) is 5.81. The van der Waals surface area contributed by atoms with Crippen LogP contribution in [0.4, 0.5) is 0 Å². The fourth-order valence-corrected chi connectivity index (χ4v) is 2.11. The van der Waals surface area contributed by atoms with Crippen LogP contribution in [0, 0.1) is 5.41 Å². The minimum absolute atomic E-state index is 0. The molecule has 0 aliphatic rings. The molecule has 0 amide bonds. The van der Waals surface area contributed by atoms with Gasteiger partial charge in [-0.1, -0.05) is 20.8 Å². The van der Waals surface area contributed by atoms with Crippen molar-refractivity contribution in [2.24, 2.45) is 17.5 Å². The molecule has 0 saturated carbocycles. The van der Waals surface area contributed by atoms with E-state index >= 15 is 0 Å². The fraction of sp³-hybridized carbons (Fsp3) is 0.733. The molecule has 1 aromatic rings. The quantitative estimate of drug-likeness (QED) is 0.353. The average molecular weight is 407 g/mol. The third-order valence-corrected chi connectivity index (χ3v) is 3.14. The number of hydrogen-bond donors (Lipinski definition) is 1. The number of nitrogens with zero attached hydrogens (tertiary/aromatic N) is 4. The van der Waals surface area contributed by atoms with Gasteiger partial charge in [0, 0.05) is 46.0 Å². The molecule has 0 atom stereocenters. The van der Waals surface area contributed by atoms with Gasteiger partial charge in [0.05, 0.1) is 6.20 Å². The summed E-state index contributed by atoms with van der Waals surface area (Å²) in [5, 5.41) is 7.60. The number of aliphatic imine (C=N–C) groups is 1. The summed E-state index contributed by atoms with van der Waals surface area (Å²) in [5.74, 6) is 0.933. The molecule has 0 saturated heterocycles. The van der Waals surface area contributed by atoms with Crippen molar-refractivity contribution in [3.8, 4) is 0 Å². The van der Waals surface area contributed by atoms with Gasteiger partial charge in [0.2, 0.25) is 0 Å². The Morgan fingerprint density at radius 1 is 1.43 bits per heavy atom. The Labute approximate surface area is 146 Å². The van der Waals surface area contributed by atoms with Gasteiger partial charge < -0.3 is 10.2 Å². The van der Waals surface area contributed by atoms with E-state index in [1.165, 1.54) is 12.0 Å². The number of aromatic nitrogens is 2. The molecule has 5 nitrogen and oxygen atoms in total. The van der Waals surface area contributed by atoms with Crippen LogP contribution in [-0.4, -0.2) is 41.3 Å². The molecule has 1 rings (SSSR count). The molecule has 0 aliphatic heterocycles. The van der Waals surface area contributed by atoms with Gasteiger partial charge in [0.15, 0.2) is 5.96 Å². The summed E-state index contributed by atoms with van der Waals surface area (Å²) >= 11 is 0. The first-order valence-electron chi connectivity index (χ1n) is 7.21. The first kappa shape index (κ1) is 20.2. The lowest BCUT2D eigenvalue weighted by Crippen LogP contribution is -2.39. The molecule has 122 valence electrons. The first-order chi connectivity index (χ1) is 9.31. The van der Waals surface area contributed by atoms with Crippen LogP contribution in [0.15, 0.2) is 17.4 Å². The maximum Gasteiger partial charge on any atom is 0.193 e. The maximum atomic E-state index is 4.33. The molecule has 0 aromatic carbocycles. The zero-order valence-corrected chi connectivity index (χ0v) is 16.5. The van der Waals surface area contributed by atoms with Crippen molar-refractivity contribution < 1.29 is 0 Å². The molecule has 0 bridgehead atoms. The van der Waals surface area contributed by atoms with Gasteiger partial charge in [-0.2, -0.15) is 5.10 Å². The Kier molecular flexibility index (Phi) is 8.92. The average Bonchev–Trinajstić information content (AvgIpc) is 2.73. The highest BCUT2D eigenvalue weighted by atomic mass is 127. The van der Waals surface area contributed by atoms with Crippen LogP contribution in [-0.2, 0) is 13.6 Å². The molecule has 0 aliphatic carbocycles. The van der Waals surface area contributed by atoms with E-state index in [0.29, 0.717) is 5.41 Å². The fourth-order valence-electron chi connectivity index (χ4n) is 2.11. The van der Waals surface area contributed by atoms with Crippen molar-refractivity contribution in [2.75, 3.05) is 20.6 Å². The minimum atomic E-state index is 0. The summed E-state index contributed by atoms with van der Waals surface area (Å²) in [6.07, 6.45) is 6.29. The predicted octanol–water partition coefficient (Wildman–Crippen LogP) is 2.87. The second-order valence-corrected chi connectivity index (χ2v) is 6.52. The van der Waals surface area contributed by atoms with Gasteiger partial charge in [-0.05, 0) is 18.3 Å². The second-order valence-electron chi connectivity index (χ2n) is 6.52. The number of hydrogen-bond acceptors (Lipinski definition) is 2. The third kappa shape index (κ3) is 8.28. The Hall–Kier alpha value is -0.790. The highest BCUT2D eigenvalue weighted by molar-refractivity contribution is 14.0. The molecule has 0 spiro atoms. The third-order valence-electron chi connectivity index (χ3n) is 3.14. The van der Waals surface area contributed by atoms with Crippen LogP contribution in [0.5, 0.6) is 0 Å². The summed E-state index contributed by atoms with van der Waals surface area (Å²) in [4.78, 5) is 6.45. The summed E-state index contributed by atoms with van der Waals surface area (Å²) in [6, 6.07) is 0. The van der Waals surface area contributed by atoms with Gasteiger partial charge in [-0.15, -0.1) is 24.0 Å². The van der Waals surface area contributed by atoms with Crippen LogP contribution in [0.2, 0.25) is 0 Å². The van der Waals surface area contributed by atoms with Gasteiger partial charge >= 0.3 is 0 Å².